The van der Waals surface area contributed by atoms with E-state index in [4.69, 9.17) is 0 Å². The summed E-state index contributed by atoms with van der Waals surface area (Å²) in [6.07, 6.45) is 3.53. The second-order valence-corrected chi connectivity index (χ2v) is 7.97. The van der Waals surface area contributed by atoms with Crippen LogP contribution in [-0.2, 0) is 6.42 Å². The minimum absolute atomic E-state index is 1.11. The molecule has 0 atom stereocenters. The Morgan fingerprint density at radius 2 is 1.03 bits per heavy atom. The third kappa shape index (κ3) is 3.19. The fraction of sp³-hybridized carbons (Fsp3) is 0.133. The molecule has 0 fully saturated rings. The van der Waals surface area contributed by atoms with Crippen molar-refractivity contribution in [1.29, 1.82) is 0 Å². The summed E-state index contributed by atoms with van der Waals surface area (Å²) < 4.78 is 0. The predicted molar refractivity (Wildman–Crippen MR) is 131 cm³/mol. The van der Waals surface area contributed by atoms with Crippen molar-refractivity contribution in [3.8, 4) is 22.3 Å². The number of hydrogen-bond donors (Lipinski definition) is 0. The lowest BCUT2D eigenvalue weighted by Gasteiger charge is -2.20. The van der Waals surface area contributed by atoms with Gasteiger partial charge in [-0.25, -0.2) is 0 Å². The fourth-order valence-electron chi connectivity index (χ4n) is 4.70. The molecular weight excluding hydrogens is 360 g/mol. The highest BCUT2D eigenvalue weighted by Crippen LogP contribution is 2.44. The molecule has 0 heterocycles. The smallest absolute Gasteiger partial charge is 0.00236 e. The number of benzene rings is 5. The second-order valence-electron chi connectivity index (χ2n) is 7.97. The average Bonchev–Trinajstić information content (AvgIpc) is 2.82. The molecule has 0 aliphatic rings. The van der Waals surface area contributed by atoms with Gasteiger partial charge >= 0.3 is 0 Å². The van der Waals surface area contributed by atoms with Crippen LogP contribution in [0.1, 0.15) is 25.3 Å². The van der Waals surface area contributed by atoms with E-state index >= 15 is 0 Å². The van der Waals surface area contributed by atoms with E-state index in [1.165, 1.54) is 62.2 Å². The van der Waals surface area contributed by atoms with Crippen molar-refractivity contribution >= 4 is 21.5 Å². The predicted octanol–water partition coefficient (Wildman–Crippen LogP) is 8.67. The molecule has 146 valence electrons. The Morgan fingerprint density at radius 1 is 0.500 bits per heavy atom. The first-order chi connectivity index (χ1) is 14.9. The summed E-state index contributed by atoms with van der Waals surface area (Å²) in [5.74, 6) is 0. The molecule has 0 saturated carbocycles. The third-order valence-electron chi connectivity index (χ3n) is 6.06. The molecule has 0 nitrogen and oxygen atoms in total. The monoisotopic (exact) mass is 386 g/mol. The summed E-state index contributed by atoms with van der Waals surface area (Å²) in [5, 5.41) is 5.42. The second kappa shape index (κ2) is 8.16. The van der Waals surface area contributed by atoms with Gasteiger partial charge in [0.2, 0.25) is 0 Å². The molecule has 0 aliphatic heterocycles. The molecule has 0 spiro atoms. The lowest BCUT2D eigenvalue weighted by molar-refractivity contribution is 0.799. The zero-order chi connectivity index (χ0) is 20.3. The quantitative estimate of drug-likeness (QED) is 0.265. The molecule has 0 radical (unpaired) electrons. The highest BCUT2D eigenvalue weighted by Gasteiger charge is 2.18. The molecule has 5 rings (SSSR count). The van der Waals surface area contributed by atoms with Gasteiger partial charge in [-0.15, -0.1) is 0 Å². The maximum Gasteiger partial charge on any atom is -0.00236 e. The summed E-state index contributed by atoms with van der Waals surface area (Å²) in [6.45, 7) is 2.27. The number of aryl methyl sites for hydroxylation is 1. The lowest BCUT2D eigenvalue weighted by atomic mass is 9.83. The fourth-order valence-corrected chi connectivity index (χ4v) is 4.70. The zero-order valence-electron chi connectivity index (χ0n) is 17.4. The summed E-state index contributed by atoms with van der Waals surface area (Å²) in [7, 11) is 0. The van der Waals surface area contributed by atoms with Crippen molar-refractivity contribution in [2.45, 2.75) is 26.2 Å². The minimum atomic E-state index is 1.11. The summed E-state index contributed by atoms with van der Waals surface area (Å²) >= 11 is 0. The highest BCUT2D eigenvalue weighted by atomic mass is 14.2. The van der Waals surface area contributed by atoms with Gasteiger partial charge in [0.05, 0.1) is 0 Å². The van der Waals surface area contributed by atoms with E-state index in [9.17, 15) is 0 Å². The average molecular weight is 387 g/mol. The maximum atomic E-state index is 2.33. The number of hydrogen-bond acceptors (Lipinski definition) is 0. The molecule has 0 unspecified atom stereocenters. The first-order valence-corrected chi connectivity index (χ1v) is 11.0. The van der Waals surface area contributed by atoms with Gasteiger partial charge < -0.3 is 0 Å². The van der Waals surface area contributed by atoms with Gasteiger partial charge in [-0.3, -0.25) is 0 Å². The molecule has 30 heavy (non-hydrogen) atoms. The van der Waals surface area contributed by atoms with Gasteiger partial charge in [0.25, 0.3) is 0 Å². The van der Waals surface area contributed by atoms with Crippen molar-refractivity contribution in [3.63, 3.8) is 0 Å². The Kier molecular flexibility index (Phi) is 5.07. The first kappa shape index (κ1) is 18.6. The van der Waals surface area contributed by atoms with E-state index < -0.39 is 0 Å². The van der Waals surface area contributed by atoms with Gasteiger partial charge in [0.15, 0.2) is 0 Å². The Morgan fingerprint density at radius 3 is 1.67 bits per heavy atom. The van der Waals surface area contributed by atoms with E-state index in [2.05, 4.69) is 110 Å². The van der Waals surface area contributed by atoms with Crippen molar-refractivity contribution < 1.29 is 0 Å². The summed E-state index contributed by atoms with van der Waals surface area (Å²) in [5.41, 5.74) is 6.75. The van der Waals surface area contributed by atoms with Crippen LogP contribution in [0, 0.1) is 0 Å². The molecule has 0 amide bonds. The lowest BCUT2D eigenvalue weighted by Crippen LogP contribution is -1.95. The van der Waals surface area contributed by atoms with Crippen molar-refractivity contribution in [1.82, 2.24) is 0 Å². The van der Waals surface area contributed by atoms with Crippen LogP contribution >= 0.6 is 0 Å². The topological polar surface area (TPSA) is 0 Å². The van der Waals surface area contributed by atoms with Crippen LogP contribution in [0.5, 0.6) is 0 Å². The molecule has 0 heteroatoms. The van der Waals surface area contributed by atoms with Crippen LogP contribution in [-0.4, -0.2) is 0 Å². The first-order valence-electron chi connectivity index (χ1n) is 11.0. The van der Waals surface area contributed by atoms with Gasteiger partial charge in [0, 0.05) is 0 Å². The minimum Gasteiger partial charge on any atom is -0.0654 e. The Labute approximate surface area is 178 Å². The van der Waals surface area contributed by atoms with Crippen molar-refractivity contribution in [2.75, 3.05) is 0 Å². The zero-order valence-corrected chi connectivity index (χ0v) is 17.4. The van der Waals surface area contributed by atoms with Crippen molar-refractivity contribution in [3.05, 3.63) is 109 Å². The van der Waals surface area contributed by atoms with Crippen LogP contribution < -0.4 is 0 Å². The number of rotatable bonds is 5. The molecule has 0 bridgehead atoms. The molecular formula is C30H26. The molecule has 0 N–H and O–H groups in total. The summed E-state index contributed by atoms with van der Waals surface area (Å²) in [4.78, 5) is 0. The molecule has 5 aromatic carbocycles. The van der Waals surface area contributed by atoms with E-state index in [0.29, 0.717) is 0 Å². The molecule has 5 aromatic rings. The van der Waals surface area contributed by atoms with Gasteiger partial charge in [-0.1, -0.05) is 116 Å². The van der Waals surface area contributed by atoms with Crippen LogP contribution in [0.25, 0.3) is 43.8 Å². The summed E-state index contributed by atoms with van der Waals surface area (Å²) in [6, 6.07) is 37.5. The standard InChI is InChI=1S/C30H26/c1-2-3-13-23-18-12-21-27-28(22-14-6-4-7-15-22)25-19-10-11-20-26(25)29(30(23)27)24-16-8-5-9-17-24/h4-12,14-21H,2-3,13H2,1H3. The maximum absolute atomic E-state index is 2.33. The highest BCUT2D eigenvalue weighted by molar-refractivity contribution is 6.22. The van der Waals surface area contributed by atoms with Crippen molar-refractivity contribution in [2.24, 2.45) is 0 Å². The van der Waals surface area contributed by atoms with E-state index in [0.717, 1.165) is 6.42 Å². The Balaban J connectivity index is 1.99. The largest absolute Gasteiger partial charge is 0.0654 e. The number of fused-ring (bicyclic) bond motifs is 2. The van der Waals surface area contributed by atoms with Gasteiger partial charge in [0.1, 0.15) is 0 Å². The third-order valence-corrected chi connectivity index (χ3v) is 6.06. The van der Waals surface area contributed by atoms with Gasteiger partial charge in [-0.2, -0.15) is 0 Å². The molecule has 0 aliphatic carbocycles. The van der Waals surface area contributed by atoms with Crippen LogP contribution in [0.3, 0.4) is 0 Å². The number of unbranched alkanes of at least 4 members (excludes halogenated alkanes) is 1. The van der Waals surface area contributed by atoms with Gasteiger partial charge in [-0.05, 0) is 62.2 Å². The van der Waals surface area contributed by atoms with E-state index in [1.807, 2.05) is 0 Å². The van der Waals surface area contributed by atoms with Crippen LogP contribution in [0.15, 0.2) is 103 Å². The Hall–Kier alpha value is -3.38. The van der Waals surface area contributed by atoms with E-state index in [-0.39, 0.29) is 0 Å². The normalized spacial score (nSPS) is 11.2. The SMILES string of the molecule is CCCCc1cccc2c(-c3ccccc3)c3ccccc3c(-c3ccccc3)c12. The van der Waals surface area contributed by atoms with Crippen LogP contribution in [0.2, 0.25) is 0 Å². The Bertz CT molecular complexity index is 1300. The molecule has 0 aromatic heterocycles. The van der Waals surface area contributed by atoms with E-state index in [1.54, 1.807) is 0 Å². The molecule has 0 saturated heterocycles. The van der Waals surface area contributed by atoms with Crippen LogP contribution in [0.4, 0.5) is 0 Å².